The number of hydrazine groups is 1. The van der Waals surface area contributed by atoms with E-state index in [4.69, 9.17) is 16.1 Å². The summed E-state index contributed by atoms with van der Waals surface area (Å²) in [5.74, 6) is 5.56. The van der Waals surface area contributed by atoms with Gasteiger partial charge in [-0.25, -0.2) is 5.84 Å². The minimum absolute atomic E-state index is 0.475. The number of anilines is 1. The monoisotopic (exact) mass is 247 g/mol. The Morgan fingerprint density at radius 3 is 2.53 bits per heavy atom. The maximum absolute atomic E-state index is 11.1. The summed E-state index contributed by atoms with van der Waals surface area (Å²) in [6, 6.07) is 6.74. The van der Waals surface area contributed by atoms with Crippen molar-refractivity contribution in [2.75, 3.05) is 5.01 Å². The second kappa shape index (κ2) is 3.09. The maximum atomic E-state index is 11.1. The maximum Gasteiger partial charge on any atom is 0.315 e. The minimum Gasteiger partial charge on any atom is -0.283 e. The molecule has 6 nitrogen and oxygen atoms in total. The smallest absolute Gasteiger partial charge is 0.283 e. The van der Waals surface area contributed by atoms with Crippen molar-refractivity contribution in [1.29, 1.82) is 0 Å². The lowest BCUT2D eigenvalue weighted by atomic mass is 10.3. The van der Waals surface area contributed by atoms with Crippen LogP contribution in [0.4, 0.5) is 5.69 Å². The van der Waals surface area contributed by atoms with E-state index in [9.17, 15) is 8.42 Å². The third kappa shape index (κ3) is 1.42. The summed E-state index contributed by atoms with van der Waals surface area (Å²) in [5.41, 5.74) is 6.03. The lowest BCUT2D eigenvalue weighted by molar-refractivity contribution is 0.457. The van der Waals surface area contributed by atoms with Crippen LogP contribution in [-0.4, -0.2) is 17.3 Å². The van der Waals surface area contributed by atoms with Crippen molar-refractivity contribution in [2.24, 2.45) is 11.6 Å². The van der Waals surface area contributed by atoms with Crippen molar-refractivity contribution in [2.45, 2.75) is 9.22 Å². The predicted octanol–water partition coefficient (Wildman–Crippen LogP) is -0.0698. The number of rotatable bonds is 1. The number of nitrogens with two attached hydrogens (primary N) is 2. The summed E-state index contributed by atoms with van der Waals surface area (Å²) in [5, 5.41) is 0.850. The molecule has 0 aromatic heterocycles. The molecule has 0 amide bonds. The van der Waals surface area contributed by atoms with Gasteiger partial charge >= 0.3 is 10.1 Å². The summed E-state index contributed by atoms with van der Waals surface area (Å²) >= 11 is 0.794. The lowest BCUT2D eigenvalue weighted by Crippen LogP contribution is -2.59. The van der Waals surface area contributed by atoms with Crippen LogP contribution >= 0.6 is 11.8 Å². The summed E-state index contributed by atoms with van der Waals surface area (Å²) in [6.45, 7) is 0. The predicted molar refractivity (Wildman–Crippen MR) is 57.4 cm³/mol. The fourth-order valence-electron chi connectivity index (χ4n) is 1.29. The topological polar surface area (TPSA) is 110 Å². The molecule has 1 atom stereocenters. The van der Waals surface area contributed by atoms with Crippen molar-refractivity contribution in [3.05, 3.63) is 24.3 Å². The zero-order valence-corrected chi connectivity index (χ0v) is 9.12. The number of thioether (sulfide) groups is 1. The van der Waals surface area contributed by atoms with Crippen LogP contribution < -0.4 is 16.6 Å². The molecule has 0 saturated heterocycles. The molecule has 0 spiro atoms. The second-order valence-corrected chi connectivity index (χ2v) is 6.14. The van der Waals surface area contributed by atoms with Gasteiger partial charge in [-0.3, -0.25) is 15.3 Å². The highest BCUT2D eigenvalue weighted by Gasteiger charge is 2.50. The number of para-hydroxylation sites is 1. The average Bonchev–Trinajstić information content (AvgIpc) is 2.40. The van der Waals surface area contributed by atoms with E-state index in [0.29, 0.717) is 10.6 Å². The van der Waals surface area contributed by atoms with Gasteiger partial charge in [-0.1, -0.05) is 23.9 Å². The molecule has 0 aliphatic carbocycles. The van der Waals surface area contributed by atoms with Gasteiger partial charge in [-0.2, -0.15) is 8.42 Å². The molecule has 0 fully saturated rings. The van der Waals surface area contributed by atoms with Gasteiger partial charge in [0.25, 0.3) is 4.33 Å². The molecule has 1 aliphatic rings. The van der Waals surface area contributed by atoms with Crippen LogP contribution in [0.5, 0.6) is 0 Å². The Kier molecular flexibility index (Phi) is 2.21. The Labute approximate surface area is 91.0 Å². The van der Waals surface area contributed by atoms with Crippen LogP contribution in [0.2, 0.25) is 0 Å². The number of hydrogen-bond acceptors (Lipinski definition) is 6. The Morgan fingerprint density at radius 1 is 1.40 bits per heavy atom. The Hall–Kier alpha value is -0.800. The van der Waals surface area contributed by atoms with E-state index in [1.54, 1.807) is 24.3 Å². The highest BCUT2D eigenvalue weighted by atomic mass is 32.3. The van der Waals surface area contributed by atoms with Crippen molar-refractivity contribution in [3.63, 3.8) is 0 Å². The molecule has 0 bridgehead atoms. The fourth-order valence-corrected chi connectivity index (χ4v) is 3.26. The van der Waals surface area contributed by atoms with Gasteiger partial charge in [0, 0.05) is 4.90 Å². The molecular formula is C7H9N3O3S2. The normalized spacial score (nSPS) is 25.4. The van der Waals surface area contributed by atoms with E-state index in [1.165, 1.54) is 0 Å². The zero-order chi connectivity index (χ0) is 11.3. The van der Waals surface area contributed by atoms with E-state index in [0.717, 1.165) is 16.8 Å². The molecule has 15 heavy (non-hydrogen) atoms. The fraction of sp³-hybridized carbons (Fsp3) is 0.143. The number of benzene rings is 1. The van der Waals surface area contributed by atoms with Gasteiger partial charge in [0.05, 0.1) is 5.69 Å². The van der Waals surface area contributed by atoms with Crippen LogP contribution in [0.25, 0.3) is 0 Å². The third-order valence-electron chi connectivity index (χ3n) is 2.09. The molecule has 8 heteroatoms. The van der Waals surface area contributed by atoms with E-state index in [-0.39, 0.29) is 0 Å². The van der Waals surface area contributed by atoms with Crippen molar-refractivity contribution >= 4 is 27.6 Å². The van der Waals surface area contributed by atoms with Crippen molar-refractivity contribution in [3.8, 4) is 0 Å². The SMILES string of the molecule is NN1c2ccccc2SC1(N)S(=O)(=O)O. The van der Waals surface area contributed by atoms with E-state index in [1.807, 2.05) is 0 Å². The lowest BCUT2D eigenvalue weighted by Gasteiger charge is -2.27. The quantitative estimate of drug-likeness (QED) is 0.470. The first-order chi connectivity index (χ1) is 6.86. The van der Waals surface area contributed by atoms with Crippen LogP contribution in [0, 0.1) is 0 Å². The standard InChI is InChI=1S/C7H9N3O3S2/c8-7(15(11,12)13)10(9)5-3-1-2-4-6(5)14-7/h1-4H,8-9H2,(H,11,12,13). The van der Waals surface area contributed by atoms with Crippen LogP contribution in [0.15, 0.2) is 29.2 Å². The van der Waals surface area contributed by atoms with Gasteiger partial charge in [-0.05, 0) is 12.1 Å². The first-order valence-electron chi connectivity index (χ1n) is 3.95. The second-order valence-electron chi connectivity index (χ2n) is 3.05. The third-order valence-corrected chi connectivity index (χ3v) is 4.96. The largest absolute Gasteiger partial charge is 0.315 e. The van der Waals surface area contributed by atoms with Gasteiger partial charge in [-0.15, -0.1) is 0 Å². The molecule has 2 rings (SSSR count). The first kappa shape index (κ1) is 10.7. The van der Waals surface area contributed by atoms with E-state index in [2.05, 4.69) is 0 Å². The van der Waals surface area contributed by atoms with Gasteiger partial charge < -0.3 is 0 Å². The molecule has 1 aliphatic heterocycles. The Balaban J connectivity index is 2.56. The Bertz CT molecular complexity index is 504. The first-order valence-corrected chi connectivity index (χ1v) is 6.21. The molecule has 82 valence electrons. The summed E-state index contributed by atoms with van der Waals surface area (Å²) < 4.78 is 29.2. The molecular weight excluding hydrogens is 238 g/mol. The highest BCUT2D eigenvalue weighted by molar-refractivity contribution is 8.13. The van der Waals surface area contributed by atoms with Gasteiger partial charge in [0.15, 0.2) is 0 Å². The number of fused-ring (bicyclic) bond motifs is 1. The van der Waals surface area contributed by atoms with Crippen molar-refractivity contribution in [1.82, 2.24) is 0 Å². The summed E-state index contributed by atoms with van der Waals surface area (Å²) in [4.78, 5) is 0.611. The number of hydrogen-bond donors (Lipinski definition) is 3. The molecule has 1 heterocycles. The molecule has 1 aromatic rings. The number of nitrogens with zero attached hydrogens (tertiary/aromatic N) is 1. The zero-order valence-electron chi connectivity index (χ0n) is 7.49. The molecule has 1 unspecified atom stereocenters. The highest BCUT2D eigenvalue weighted by Crippen LogP contribution is 2.47. The van der Waals surface area contributed by atoms with E-state index < -0.39 is 14.4 Å². The summed E-state index contributed by atoms with van der Waals surface area (Å²) in [7, 11) is -4.48. The molecule has 0 saturated carbocycles. The Morgan fingerprint density at radius 2 is 2.00 bits per heavy atom. The van der Waals surface area contributed by atoms with Crippen LogP contribution in [0.3, 0.4) is 0 Å². The molecule has 5 N–H and O–H groups in total. The molecule has 1 aromatic carbocycles. The minimum atomic E-state index is -4.48. The van der Waals surface area contributed by atoms with Crippen LogP contribution in [0.1, 0.15) is 0 Å². The van der Waals surface area contributed by atoms with Gasteiger partial charge in [0.1, 0.15) is 0 Å². The van der Waals surface area contributed by atoms with E-state index >= 15 is 0 Å². The van der Waals surface area contributed by atoms with Crippen LogP contribution in [-0.2, 0) is 10.1 Å². The average molecular weight is 247 g/mol. The van der Waals surface area contributed by atoms with Gasteiger partial charge in [0.2, 0.25) is 0 Å². The molecule has 0 radical (unpaired) electrons. The summed E-state index contributed by atoms with van der Waals surface area (Å²) in [6.07, 6.45) is 0. The van der Waals surface area contributed by atoms with Crippen molar-refractivity contribution < 1.29 is 13.0 Å².